The Bertz CT molecular complexity index is 909. The van der Waals surface area contributed by atoms with Crippen molar-refractivity contribution in [2.75, 3.05) is 6.54 Å². The third kappa shape index (κ3) is 6.09. The first-order valence-corrected chi connectivity index (χ1v) is 10.9. The van der Waals surface area contributed by atoms with E-state index in [2.05, 4.69) is 71.1 Å². The molecule has 1 aromatic heterocycles. The molecule has 0 radical (unpaired) electrons. The smallest absolute Gasteiger partial charge is 0.315 e. The number of benzene rings is 2. The zero-order chi connectivity index (χ0) is 20.5. The van der Waals surface area contributed by atoms with Crippen LogP contribution in [0.15, 0.2) is 59.8 Å². The number of aryl methyl sites for hydroxylation is 1. The van der Waals surface area contributed by atoms with Gasteiger partial charge in [-0.15, -0.1) is 10.2 Å². The Morgan fingerprint density at radius 1 is 1.03 bits per heavy atom. The van der Waals surface area contributed by atoms with Crippen molar-refractivity contribution in [3.63, 3.8) is 0 Å². The number of hydrogen-bond donors (Lipinski definition) is 2. The molecule has 3 rings (SSSR count). The van der Waals surface area contributed by atoms with Gasteiger partial charge in [-0.1, -0.05) is 73.1 Å². The Balaban J connectivity index is 1.75. The van der Waals surface area contributed by atoms with Crippen LogP contribution in [0.5, 0.6) is 0 Å². The monoisotopic (exact) mass is 409 g/mol. The van der Waals surface area contributed by atoms with Crippen LogP contribution in [-0.4, -0.2) is 27.3 Å². The van der Waals surface area contributed by atoms with Crippen molar-refractivity contribution in [1.82, 2.24) is 25.4 Å². The van der Waals surface area contributed by atoms with Gasteiger partial charge in [-0.2, -0.15) is 0 Å². The van der Waals surface area contributed by atoms with Gasteiger partial charge in [0.2, 0.25) is 0 Å². The van der Waals surface area contributed by atoms with Crippen LogP contribution >= 0.6 is 11.8 Å². The van der Waals surface area contributed by atoms with Crippen molar-refractivity contribution >= 4 is 17.8 Å². The van der Waals surface area contributed by atoms with Crippen LogP contribution in [0.3, 0.4) is 0 Å². The Labute approximate surface area is 176 Å². The standard InChI is InChI=1S/C22H27N5OS/c1-3-4-14-23-21(28)24-15-20-25-26-22(29-16-18-8-6-5-7-9-18)27(20)19-12-10-17(2)11-13-19/h5-13H,3-4,14-16H2,1-2H3,(H2,23,24,28). The third-order valence-corrected chi connectivity index (χ3v) is 5.43. The lowest BCUT2D eigenvalue weighted by molar-refractivity contribution is 0.240. The topological polar surface area (TPSA) is 71.8 Å². The Kier molecular flexibility index (Phi) is 7.69. The summed E-state index contributed by atoms with van der Waals surface area (Å²) in [6.07, 6.45) is 2.01. The van der Waals surface area contributed by atoms with Crippen LogP contribution in [0.4, 0.5) is 4.79 Å². The molecule has 0 spiro atoms. The van der Waals surface area contributed by atoms with E-state index < -0.39 is 0 Å². The molecule has 2 amide bonds. The lowest BCUT2D eigenvalue weighted by Gasteiger charge is -2.12. The molecule has 7 heteroatoms. The fraction of sp³-hybridized carbons (Fsp3) is 0.318. The minimum atomic E-state index is -0.185. The molecule has 0 saturated carbocycles. The predicted octanol–water partition coefficient (Wildman–Crippen LogP) is 4.47. The second-order valence-electron chi connectivity index (χ2n) is 6.81. The summed E-state index contributed by atoms with van der Waals surface area (Å²) >= 11 is 1.63. The van der Waals surface area contributed by atoms with Crippen molar-refractivity contribution in [3.05, 3.63) is 71.5 Å². The van der Waals surface area contributed by atoms with Crippen molar-refractivity contribution in [1.29, 1.82) is 0 Å². The summed E-state index contributed by atoms with van der Waals surface area (Å²) in [5.74, 6) is 1.51. The molecule has 0 saturated heterocycles. The predicted molar refractivity (Wildman–Crippen MR) is 117 cm³/mol. The second kappa shape index (κ2) is 10.7. The van der Waals surface area contributed by atoms with Crippen LogP contribution in [-0.2, 0) is 12.3 Å². The van der Waals surface area contributed by atoms with Crippen molar-refractivity contribution < 1.29 is 4.79 Å². The summed E-state index contributed by atoms with van der Waals surface area (Å²) in [7, 11) is 0. The summed E-state index contributed by atoms with van der Waals surface area (Å²) in [6.45, 7) is 5.14. The molecule has 0 bridgehead atoms. The Morgan fingerprint density at radius 2 is 1.79 bits per heavy atom. The van der Waals surface area contributed by atoms with E-state index in [9.17, 15) is 4.79 Å². The number of aromatic nitrogens is 3. The number of nitrogens with zero attached hydrogens (tertiary/aromatic N) is 3. The van der Waals surface area contributed by atoms with Gasteiger partial charge in [-0.25, -0.2) is 4.79 Å². The number of nitrogens with one attached hydrogen (secondary N) is 2. The normalized spacial score (nSPS) is 10.7. The molecule has 0 unspecified atom stereocenters. The SMILES string of the molecule is CCCCNC(=O)NCc1nnc(SCc2ccccc2)n1-c1ccc(C)cc1. The molecule has 3 aromatic rings. The third-order valence-electron chi connectivity index (χ3n) is 4.43. The van der Waals surface area contributed by atoms with Gasteiger partial charge in [0.1, 0.15) is 0 Å². The fourth-order valence-corrected chi connectivity index (χ4v) is 3.71. The van der Waals surface area contributed by atoms with Crippen LogP contribution in [0.2, 0.25) is 0 Å². The summed E-state index contributed by atoms with van der Waals surface area (Å²) in [6, 6.07) is 18.3. The van der Waals surface area contributed by atoms with Gasteiger partial charge in [0.25, 0.3) is 0 Å². The fourth-order valence-electron chi connectivity index (χ4n) is 2.78. The Morgan fingerprint density at radius 3 is 2.52 bits per heavy atom. The first-order valence-electron chi connectivity index (χ1n) is 9.87. The lowest BCUT2D eigenvalue weighted by Crippen LogP contribution is -2.36. The molecule has 1 heterocycles. The van der Waals surface area contributed by atoms with E-state index in [1.165, 1.54) is 11.1 Å². The van der Waals surface area contributed by atoms with Crippen LogP contribution < -0.4 is 10.6 Å². The van der Waals surface area contributed by atoms with E-state index in [1.54, 1.807) is 11.8 Å². The minimum Gasteiger partial charge on any atom is -0.338 e. The highest BCUT2D eigenvalue weighted by Crippen LogP contribution is 2.25. The first-order chi connectivity index (χ1) is 14.2. The number of rotatable bonds is 9. The summed E-state index contributed by atoms with van der Waals surface area (Å²) in [4.78, 5) is 12.0. The number of carbonyl (C=O) groups excluding carboxylic acids is 1. The molecular weight excluding hydrogens is 382 g/mol. The van der Waals surface area contributed by atoms with Gasteiger partial charge in [-0.3, -0.25) is 4.57 Å². The number of thioether (sulfide) groups is 1. The first kappa shape index (κ1) is 20.9. The van der Waals surface area contributed by atoms with E-state index in [-0.39, 0.29) is 6.03 Å². The molecular formula is C22H27N5OS. The van der Waals surface area contributed by atoms with Crippen LogP contribution in [0.1, 0.15) is 36.7 Å². The molecule has 2 aromatic carbocycles. The number of urea groups is 1. The molecule has 152 valence electrons. The van der Waals surface area contributed by atoms with Gasteiger partial charge in [0.05, 0.1) is 6.54 Å². The molecule has 0 aliphatic heterocycles. The van der Waals surface area contributed by atoms with Crippen LogP contribution in [0, 0.1) is 6.92 Å². The molecule has 6 nitrogen and oxygen atoms in total. The number of unbranched alkanes of at least 4 members (excludes halogenated alkanes) is 1. The number of carbonyl (C=O) groups is 1. The summed E-state index contributed by atoms with van der Waals surface area (Å²) < 4.78 is 2.01. The van der Waals surface area contributed by atoms with E-state index >= 15 is 0 Å². The molecule has 0 atom stereocenters. The molecule has 0 aliphatic carbocycles. The van der Waals surface area contributed by atoms with Crippen molar-refractivity contribution in [2.45, 2.75) is 44.1 Å². The van der Waals surface area contributed by atoms with E-state index in [0.717, 1.165) is 29.4 Å². The van der Waals surface area contributed by atoms with Gasteiger partial charge in [0, 0.05) is 18.0 Å². The van der Waals surface area contributed by atoms with Crippen molar-refractivity contribution in [2.24, 2.45) is 0 Å². The molecule has 2 N–H and O–H groups in total. The maximum Gasteiger partial charge on any atom is 0.315 e. The average molecular weight is 410 g/mol. The van der Waals surface area contributed by atoms with E-state index in [1.807, 2.05) is 22.8 Å². The highest BCUT2D eigenvalue weighted by molar-refractivity contribution is 7.98. The maximum absolute atomic E-state index is 12.0. The van der Waals surface area contributed by atoms with E-state index in [4.69, 9.17) is 0 Å². The average Bonchev–Trinajstić information content (AvgIpc) is 3.15. The zero-order valence-corrected chi connectivity index (χ0v) is 17.7. The maximum atomic E-state index is 12.0. The highest BCUT2D eigenvalue weighted by atomic mass is 32.2. The van der Waals surface area contributed by atoms with Gasteiger partial charge >= 0.3 is 6.03 Å². The lowest BCUT2D eigenvalue weighted by atomic mass is 10.2. The Hall–Kier alpha value is -2.80. The minimum absolute atomic E-state index is 0.185. The summed E-state index contributed by atoms with van der Waals surface area (Å²) in [5.41, 5.74) is 3.40. The van der Waals surface area contributed by atoms with Gasteiger partial charge < -0.3 is 10.6 Å². The molecule has 0 fully saturated rings. The number of amides is 2. The quantitative estimate of drug-likeness (QED) is 0.404. The van der Waals surface area contributed by atoms with Gasteiger partial charge in [-0.05, 0) is 31.0 Å². The second-order valence-corrected chi connectivity index (χ2v) is 7.75. The zero-order valence-electron chi connectivity index (χ0n) is 16.9. The molecule has 0 aliphatic rings. The largest absolute Gasteiger partial charge is 0.338 e. The molecule has 29 heavy (non-hydrogen) atoms. The highest BCUT2D eigenvalue weighted by Gasteiger charge is 2.15. The van der Waals surface area contributed by atoms with E-state index in [0.29, 0.717) is 18.9 Å². The van der Waals surface area contributed by atoms with Crippen molar-refractivity contribution in [3.8, 4) is 5.69 Å². The van der Waals surface area contributed by atoms with Gasteiger partial charge in [0.15, 0.2) is 11.0 Å². The van der Waals surface area contributed by atoms with Crippen LogP contribution in [0.25, 0.3) is 5.69 Å². The number of hydrogen-bond acceptors (Lipinski definition) is 4. The summed E-state index contributed by atoms with van der Waals surface area (Å²) in [5, 5.41) is 15.3.